The van der Waals surface area contributed by atoms with Crippen molar-refractivity contribution in [3.05, 3.63) is 48.4 Å². The fourth-order valence-electron chi connectivity index (χ4n) is 3.42. The number of carbonyl (C=O) groups excluding carboxylic acids is 1. The normalized spacial score (nSPS) is 21.7. The largest absolute Gasteiger partial charge is 0.379 e. The highest BCUT2D eigenvalue weighted by Gasteiger charge is 2.27. The molecule has 1 unspecified atom stereocenters. The fraction of sp³-hybridized carbons (Fsp3) is 0.474. The number of nitrogens with zero attached hydrogens (tertiary/aromatic N) is 4. The minimum absolute atomic E-state index is 0.0202. The van der Waals surface area contributed by atoms with Gasteiger partial charge in [-0.2, -0.15) is 0 Å². The molecule has 7 nitrogen and oxygen atoms in total. The molecule has 2 aromatic heterocycles. The summed E-state index contributed by atoms with van der Waals surface area (Å²) in [6.07, 6.45) is 5.58. The average Bonchev–Trinajstić information content (AvgIpc) is 3.23. The number of aromatic nitrogens is 2. The maximum Gasteiger partial charge on any atom is 0.255 e. The van der Waals surface area contributed by atoms with Crippen LogP contribution in [0, 0.1) is 0 Å². The van der Waals surface area contributed by atoms with Crippen molar-refractivity contribution < 1.29 is 14.3 Å². The first-order valence-electron chi connectivity index (χ1n) is 9.10. The topological polar surface area (TPSA) is 59.8 Å². The van der Waals surface area contributed by atoms with Crippen LogP contribution in [0.5, 0.6) is 0 Å². The molecule has 2 aromatic rings. The molecule has 2 aliphatic heterocycles. The number of hydrogen-bond acceptors (Lipinski definition) is 5. The van der Waals surface area contributed by atoms with E-state index in [1.807, 2.05) is 46.1 Å². The smallest absolute Gasteiger partial charge is 0.255 e. The standard InChI is InChI=1S/C19H24N4O3/c24-19(16-3-4-18(20-13-16)22-5-1-2-6-22)23-9-12-26-17(15-23)14-21-7-10-25-11-8-21/h1-6,13,17H,7-12,14-15H2. The summed E-state index contributed by atoms with van der Waals surface area (Å²) in [6, 6.07) is 7.61. The van der Waals surface area contributed by atoms with E-state index in [-0.39, 0.29) is 12.0 Å². The van der Waals surface area contributed by atoms with Crippen molar-refractivity contribution in [2.24, 2.45) is 0 Å². The third kappa shape index (κ3) is 3.95. The Balaban J connectivity index is 1.37. The van der Waals surface area contributed by atoms with Crippen molar-refractivity contribution in [1.29, 1.82) is 0 Å². The summed E-state index contributed by atoms with van der Waals surface area (Å²) in [6.45, 7) is 6.07. The van der Waals surface area contributed by atoms with Gasteiger partial charge in [-0.1, -0.05) is 0 Å². The van der Waals surface area contributed by atoms with Crippen molar-refractivity contribution >= 4 is 5.91 Å². The highest BCUT2D eigenvalue weighted by atomic mass is 16.5. The summed E-state index contributed by atoms with van der Waals surface area (Å²) in [5, 5.41) is 0. The highest BCUT2D eigenvalue weighted by molar-refractivity contribution is 5.94. The van der Waals surface area contributed by atoms with E-state index in [0.29, 0.717) is 25.3 Å². The summed E-state index contributed by atoms with van der Waals surface area (Å²) < 4.78 is 13.2. The van der Waals surface area contributed by atoms with Crippen LogP contribution in [-0.2, 0) is 9.47 Å². The second-order valence-electron chi connectivity index (χ2n) is 6.65. The molecule has 0 aliphatic carbocycles. The number of morpholine rings is 2. The summed E-state index contributed by atoms with van der Waals surface area (Å²) in [7, 11) is 0. The van der Waals surface area contributed by atoms with E-state index in [1.165, 1.54) is 0 Å². The van der Waals surface area contributed by atoms with Gasteiger partial charge in [0.15, 0.2) is 0 Å². The molecule has 0 bridgehead atoms. The first kappa shape index (κ1) is 17.2. The van der Waals surface area contributed by atoms with Crippen LogP contribution in [0.3, 0.4) is 0 Å². The van der Waals surface area contributed by atoms with E-state index in [2.05, 4.69) is 9.88 Å². The van der Waals surface area contributed by atoms with Gasteiger partial charge in [0.05, 0.1) is 31.5 Å². The number of pyridine rings is 1. The maximum absolute atomic E-state index is 12.8. The quantitative estimate of drug-likeness (QED) is 0.819. The van der Waals surface area contributed by atoms with Gasteiger partial charge in [-0.25, -0.2) is 4.98 Å². The lowest BCUT2D eigenvalue weighted by Crippen LogP contribution is -2.51. The maximum atomic E-state index is 12.8. The molecule has 7 heteroatoms. The van der Waals surface area contributed by atoms with Gasteiger partial charge in [0.1, 0.15) is 5.82 Å². The van der Waals surface area contributed by atoms with E-state index in [9.17, 15) is 4.79 Å². The summed E-state index contributed by atoms with van der Waals surface area (Å²) in [4.78, 5) is 21.5. The van der Waals surface area contributed by atoms with Gasteiger partial charge in [-0.15, -0.1) is 0 Å². The molecule has 0 N–H and O–H groups in total. The van der Waals surface area contributed by atoms with Gasteiger partial charge >= 0.3 is 0 Å². The van der Waals surface area contributed by atoms with Gasteiger partial charge < -0.3 is 18.9 Å². The Morgan fingerprint density at radius 2 is 1.92 bits per heavy atom. The Morgan fingerprint density at radius 3 is 2.65 bits per heavy atom. The lowest BCUT2D eigenvalue weighted by atomic mass is 10.2. The highest BCUT2D eigenvalue weighted by Crippen LogP contribution is 2.13. The van der Waals surface area contributed by atoms with Crippen LogP contribution < -0.4 is 0 Å². The summed E-state index contributed by atoms with van der Waals surface area (Å²) in [5.74, 6) is 0.825. The minimum atomic E-state index is 0.0202. The lowest BCUT2D eigenvalue weighted by Gasteiger charge is -2.36. The van der Waals surface area contributed by atoms with Gasteiger partial charge in [-0.3, -0.25) is 9.69 Å². The second-order valence-corrected chi connectivity index (χ2v) is 6.65. The van der Waals surface area contributed by atoms with Crippen molar-refractivity contribution in [2.75, 3.05) is 52.5 Å². The van der Waals surface area contributed by atoms with Crippen molar-refractivity contribution in [1.82, 2.24) is 19.4 Å². The van der Waals surface area contributed by atoms with Crippen molar-refractivity contribution in [2.45, 2.75) is 6.10 Å². The van der Waals surface area contributed by atoms with Crippen LogP contribution in [0.4, 0.5) is 0 Å². The van der Waals surface area contributed by atoms with Gasteiger partial charge in [-0.05, 0) is 24.3 Å². The average molecular weight is 356 g/mol. The van der Waals surface area contributed by atoms with E-state index < -0.39 is 0 Å². The Labute approximate surface area is 153 Å². The van der Waals surface area contributed by atoms with Crippen molar-refractivity contribution in [3.63, 3.8) is 0 Å². The summed E-state index contributed by atoms with van der Waals surface area (Å²) >= 11 is 0. The monoisotopic (exact) mass is 356 g/mol. The molecule has 0 saturated carbocycles. The fourth-order valence-corrected chi connectivity index (χ4v) is 3.42. The molecule has 2 fully saturated rings. The second kappa shape index (κ2) is 7.99. The predicted octanol–water partition coefficient (Wildman–Crippen LogP) is 1.05. The zero-order valence-corrected chi connectivity index (χ0v) is 14.8. The molecule has 0 aromatic carbocycles. The molecular weight excluding hydrogens is 332 g/mol. The zero-order valence-electron chi connectivity index (χ0n) is 14.8. The van der Waals surface area contributed by atoms with Crippen LogP contribution in [0.2, 0.25) is 0 Å². The van der Waals surface area contributed by atoms with E-state index >= 15 is 0 Å². The Morgan fingerprint density at radius 1 is 1.12 bits per heavy atom. The molecule has 1 amide bonds. The summed E-state index contributed by atoms with van der Waals surface area (Å²) in [5.41, 5.74) is 0.618. The number of rotatable bonds is 4. The Bertz CT molecular complexity index is 711. The molecular formula is C19H24N4O3. The molecule has 4 heterocycles. The first-order chi connectivity index (χ1) is 12.8. The third-order valence-electron chi connectivity index (χ3n) is 4.86. The molecule has 4 rings (SSSR count). The molecule has 2 saturated heterocycles. The van der Waals surface area contributed by atoms with Crippen LogP contribution in [0.15, 0.2) is 42.9 Å². The van der Waals surface area contributed by atoms with Crippen LogP contribution >= 0.6 is 0 Å². The zero-order chi connectivity index (χ0) is 17.8. The molecule has 2 aliphatic rings. The van der Waals surface area contributed by atoms with Crippen LogP contribution in [0.1, 0.15) is 10.4 Å². The van der Waals surface area contributed by atoms with Crippen LogP contribution in [-0.4, -0.2) is 83.9 Å². The first-order valence-corrected chi connectivity index (χ1v) is 9.10. The molecule has 138 valence electrons. The van der Waals surface area contributed by atoms with Gasteiger partial charge in [0, 0.05) is 51.3 Å². The SMILES string of the molecule is O=C(c1ccc(-n2cccc2)nc1)N1CCOC(CN2CCOCC2)C1. The Kier molecular flexibility index (Phi) is 5.29. The predicted molar refractivity (Wildman–Crippen MR) is 96.5 cm³/mol. The lowest BCUT2D eigenvalue weighted by molar-refractivity contribution is -0.0503. The van der Waals surface area contributed by atoms with Crippen LogP contribution in [0.25, 0.3) is 5.82 Å². The van der Waals surface area contributed by atoms with E-state index in [4.69, 9.17) is 9.47 Å². The molecule has 1 atom stereocenters. The number of amides is 1. The van der Waals surface area contributed by atoms with E-state index in [0.717, 1.165) is 38.7 Å². The minimum Gasteiger partial charge on any atom is -0.379 e. The number of ether oxygens (including phenoxy) is 2. The Hall–Kier alpha value is -2.22. The molecule has 0 spiro atoms. The molecule has 26 heavy (non-hydrogen) atoms. The van der Waals surface area contributed by atoms with Crippen molar-refractivity contribution in [3.8, 4) is 5.82 Å². The number of hydrogen-bond donors (Lipinski definition) is 0. The van der Waals surface area contributed by atoms with Gasteiger partial charge in [0.2, 0.25) is 0 Å². The molecule has 0 radical (unpaired) electrons. The van der Waals surface area contributed by atoms with E-state index in [1.54, 1.807) is 6.20 Å². The number of carbonyl (C=O) groups is 1. The van der Waals surface area contributed by atoms with Gasteiger partial charge in [0.25, 0.3) is 5.91 Å². The third-order valence-corrected chi connectivity index (χ3v) is 4.86.